The molecule has 2 aromatic heterocycles. The molecule has 2 heterocycles. The Morgan fingerprint density at radius 3 is 3.00 bits per heavy atom. The van der Waals surface area contributed by atoms with E-state index in [1.807, 2.05) is 23.0 Å². The van der Waals surface area contributed by atoms with Gasteiger partial charge in [0.1, 0.15) is 5.76 Å². The van der Waals surface area contributed by atoms with E-state index in [1.54, 1.807) is 6.26 Å². The van der Waals surface area contributed by atoms with Gasteiger partial charge in [-0.1, -0.05) is 0 Å². The summed E-state index contributed by atoms with van der Waals surface area (Å²) in [5, 5.41) is 0. The van der Waals surface area contributed by atoms with Gasteiger partial charge in [-0.3, -0.25) is 4.90 Å². The van der Waals surface area contributed by atoms with E-state index in [-0.39, 0.29) is 0 Å². The molecule has 0 radical (unpaired) electrons. The Kier molecular flexibility index (Phi) is 3.66. The zero-order valence-corrected chi connectivity index (χ0v) is 11.0. The Labute approximate surface area is 113 Å². The molecule has 102 valence electrons. The number of nitrogens with two attached hydrogens (primary N) is 1. The van der Waals surface area contributed by atoms with Crippen molar-refractivity contribution in [2.45, 2.75) is 38.5 Å². The van der Waals surface area contributed by atoms with Gasteiger partial charge in [0.15, 0.2) is 0 Å². The molecule has 5 nitrogen and oxygen atoms in total. The molecular formula is C14H20N4O. The Morgan fingerprint density at radius 2 is 2.32 bits per heavy atom. The molecule has 0 unspecified atom stereocenters. The molecule has 1 aliphatic rings. The molecule has 0 bridgehead atoms. The van der Waals surface area contributed by atoms with Crippen molar-refractivity contribution in [2.75, 3.05) is 6.54 Å². The van der Waals surface area contributed by atoms with E-state index in [9.17, 15) is 0 Å². The highest BCUT2D eigenvalue weighted by atomic mass is 16.3. The van der Waals surface area contributed by atoms with E-state index < -0.39 is 0 Å². The van der Waals surface area contributed by atoms with Crippen LogP contribution in [0, 0.1) is 0 Å². The maximum absolute atomic E-state index is 5.55. The van der Waals surface area contributed by atoms with Crippen molar-refractivity contribution in [3.8, 4) is 0 Å². The summed E-state index contributed by atoms with van der Waals surface area (Å²) in [5.41, 5.74) is 6.65. The second-order valence-corrected chi connectivity index (χ2v) is 5.11. The third-order valence-electron chi connectivity index (χ3n) is 3.44. The van der Waals surface area contributed by atoms with Crippen molar-refractivity contribution in [3.05, 3.63) is 42.4 Å². The average Bonchev–Trinajstić information content (AvgIpc) is 2.95. The Morgan fingerprint density at radius 1 is 1.42 bits per heavy atom. The van der Waals surface area contributed by atoms with Crippen molar-refractivity contribution in [2.24, 2.45) is 5.73 Å². The van der Waals surface area contributed by atoms with Crippen LogP contribution in [0.1, 0.15) is 24.3 Å². The first-order valence-corrected chi connectivity index (χ1v) is 6.82. The van der Waals surface area contributed by atoms with E-state index in [0.29, 0.717) is 12.6 Å². The molecule has 2 N–H and O–H groups in total. The third-order valence-corrected chi connectivity index (χ3v) is 3.44. The molecule has 0 aromatic carbocycles. The molecule has 2 aromatic rings. The second kappa shape index (κ2) is 5.59. The lowest BCUT2D eigenvalue weighted by Crippen LogP contribution is -2.25. The predicted molar refractivity (Wildman–Crippen MR) is 72.3 cm³/mol. The molecule has 3 rings (SSSR count). The largest absolute Gasteiger partial charge is 0.468 e. The van der Waals surface area contributed by atoms with Gasteiger partial charge in [0.2, 0.25) is 0 Å². The first-order chi connectivity index (χ1) is 9.35. The predicted octanol–water partition coefficient (Wildman–Crippen LogP) is 1.60. The number of nitrogens with zero attached hydrogens (tertiary/aromatic N) is 3. The fourth-order valence-electron chi connectivity index (χ4n) is 2.32. The van der Waals surface area contributed by atoms with Gasteiger partial charge in [-0.05, 0) is 25.0 Å². The van der Waals surface area contributed by atoms with Crippen LogP contribution < -0.4 is 5.73 Å². The van der Waals surface area contributed by atoms with E-state index in [2.05, 4.69) is 16.1 Å². The number of furan rings is 1. The number of hydrogen-bond donors (Lipinski definition) is 1. The topological polar surface area (TPSA) is 60.2 Å². The van der Waals surface area contributed by atoms with Crippen LogP contribution in [0.15, 0.2) is 35.3 Å². The lowest BCUT2D eigenvalue weighted by atomic mass is 10.3. The van der Waals surface area contributed by atoms with E-state index in [4.69, 9.17) is 10.2 Å². The number of hydrogen-bond acceptors (Lipinski definition) is 4. The molecule has 0 aliphatic heterocycles. The van der Waals surface area contributed by atoms with Crippen molar-refractivity contribution < 1.29 is 4.42 Å². The highest BCUT2D eigenvalue weighted by molar-refractivity contribution is 5.03. The van der Waals surface area contributed by atoms with Crippen molar-refractivity contribution in [1.29, 1.82) is 0 Å². The highest BCUT2D eigenvalue weighted by Gasteiger charge is 2.29. The van der Waals surface area contributed by atoms with E-state index >= 15 is 0 Å². The first-order valence-electron chi connectivity index (χ1n) is 6.82. The molecule has 19 heavy (non-hydrogen) atoms. The molecule has 0 saturated heterocycles. The minimum Gasteiger partial charge on any atom is -0.468 e. The van der Waals surface area contributed by atoms with Crippen LogP contribution in [0.5, 0.6) is 0 Å². The smallest absolute Gasteiger partial charge is 0.117 e. The first kappa shape index (κ1) is 12.4. The van der Waals surface area contributed by atoms with Gasteiger partial charge < -0.3 is 14.7 Å². The summed E-state index contributed by atoms with van der Waals surface area (Å²) in [4.78, 5) is 6.89. The van der Waals surface area contributed by atoms with Crippen molar-refractivity contribution >= 4 is 0 Å². The average molecular weight is 260 g/mol. The van der Waals surface area contributed by atoms with E-state index in [1.165, 1.54) is 12.8 Å². The number of imidazole rings is 1. The van der Waals surface area contributed by atoms with Crippen LogP contribution >= 0.6 is 0 Å². The van der Waals surface area contributed by atoms with Crippen LogP contribution in [-0.4, -0.2) is 27.0 Å². The molecule has 0 amide bonds. The maximum Gasteiger partial charge on any atom is 0.117 e. The summed E-state index contributed by atoms with van der Waals surface area (Å²) in [5.74, 6) is 1.02. The Bertz CT molecular complexity index is 501. The Hall–Kier alpha value is -1.59. The van der Waals surface area contributed by atoms with E-state index in [0.717, 1.165) is 31.1 Å². The minimum atomic E-state index is 0.647. The molecule has 0 spiro atoms. The van der Waals surface area contributed by atoms with Crippen LogP contribution in [0.3, 0.4) is 0 Å². The summed E-state index contributed by atoms with van der Waals surface area (Å²) in [6.07, 6.45) is 8.25. The molecule has 1 fully saturated rings. The molecule has 0 atom stereocenters. The summed E-state index contributed by atoms with van der Waals surface area (Å²) in [6, 6.07) is 4.66. The lowest BCUT2D eigenvalue weighted by molar-refractivity contribution is 0.223. The lowest BCUT2D eigenvalue weighted by Gasteiger charge is -2.19. The van der Waals surface area contributed by atoms with Crippen LogP contribution in [-0.2, 0) is 19.6 Å². The molecule has 5 heteroatoms. The molecular weight excluding hydrogens is 240 g/mol. The summed E-state index contributed by atoms with van der Waals surface area (Å²) >= 11 is 0. The fraction of sp³-hybridized carbons (Fsp3) is 0.500. The second-order valence-electron chi connectivity index (χ2n) is 5.11. The van der Waals surface area contributed by atoms with Gasteiger partial charge in [-0.25, -0.2) is 4.98 Å². The van der Waals surface area contributed by atoms with Crippen molar-refractivity contribution in [3.63, 3.8) is 0 Å². The SMILES string of the molecule is NCCn1cnc(CN(Cc2ccco2)C2CC2)c1. The van der Waals surface area contributed by atoms with Gasteiger partial charge in [-0.15, -0.1) is 0 Å². The quantitative estimate of drug-likeness (QED) is 0.821. The maximum atomic E-state index is 5.55. The van der Waals surface area contributed by atoms with Crippen LogP contribution in [0.2, 0.25) is 0 Å². The van der Waals surface area contributed by atoms with Crippen LogP contribution in [0.4, 0.5) is 0 Å². The van der Waals surface area contributed by atoms with Gasteiger partial charge in [0.25, 0.3) is 0 Å². The molecule has 1 saturated carbocycles. The summed E-state index contributed by atoms with van der Waals surface area (Å²) in [6.45, 7) is 3.22. The summed E-state index contributed by atoms with van der Waals surface area (Å²) in [7, 11) is 0. The molecule has 1 aliphatic carbocycles. The third kappa shape index (κ3) is 3.24. The standard InChI is InChI=1S/C14H20N4O/c15-5-6-17-8-12(16-11-17)9-18(13-3-4-13)10-14-2-1-7-19-14/h1-2,7-8,11,13H,3-6,9-10,15H2. The van der Waals surface area contributed by atoms with Crippen LogP contribution in [0.25, 0.3) is 0 Å². The van der Waals surface area contributed by atoms with Gasteiger partial charge in [-0.2, -0.15) is 0 Å². The highest BCUT2D eigenvalue weighted by Crippen LogP contribution is 2.29. The fourth-order valence-corrected chi connectivity index (χ4v) is 2.32. The van der Waals surface area contributed by atoms with Gasteiger partial charge in [0.05, 0.1) is 24.8 Å². The van der Waals surface area contributed by atoms with Gasteiger partial charge >= 0.3 is 0 Å². The minimum absolute atomic E-state index is 0.647. The Balaban J connectivity index is 1.63. The normalized spacial score (nSPS) is 15.3. The monoisotopic (exact) mass is 260 g/mol. The van der Waals surface area contributed by atoms with Crippen molar-refractivity contribution in [1.82, 2.24) is 14.5 Å². The summed E-state index contributed by atoms with van der Waals surface area (Å²) < 4.78 is 7.49. The van der Waals surface area contributed by atoms with Gasteiger partial charge in [0, 0.05) is 31.9 Å². The number of aromatic nitrogens is 2. The zero-order chi connectivity index (χ0) is 13.1. The zero-order valence-electron chi connectivity index (χ0n) is 11.0. The number of rotatable bonds is 7.